The second-order valence-corrected chi connectivity index (χ2v) is 4.63. The summed E-state index contributed by atoms with van der Waals surface area (Å²) in [5.74, 6) is 0.863. The summed E-state index contributed by atoms with van der Waals surface area (Å²) in [6, 6.07) is 2.67. The summed E-state index contributed by atoms with van der Waals surface area (Å²) in [6.07, 6.45) is 6.49. The Bertz CT molecular complexity index is 498. The molecule has 1 saturated carbocycles. The quantitative estimate of drug-likeness (QED) is 0.848. The molecule has 17 heavy (non-hydrogen) atoms. The SMILES string of the molecule is Cc1cc(Cn2cnc(CNC3CC3)c2)on1. The predicted octanol–water partition coefficient (Wildman–Crippen LogP) is 1.48. The number of aromatic nitrogens is 3. The van der Waals surface area contributed by atoms with Crippen molar-refractivity contribution in [1.29, 1.82) is 0 Å². The first kappa shape index (κ1) is 10.5. The molecule has 0 radical (unpaired) electrons. The van der Waals surface area contributed by atoms with Crippen molar-refractivity contribution in [2.75, 3.05) is 0 Å². The van der Waals surface area contributed by atoms with Gasteiger partial charge < -0.3 is 14.4 Å². The minimum Gasteiger partial charge on any atom is -0.359 e. The van der Waals surface area contributed by atoms with Gasteiger partial charge in [0, 0.05) is 24.8 Å². The van der Waals surface area contributed by atoms with Gasteiger partial charge in [0.25, 0.3) is 0 Å². The highest BCUT2D eigenvalue weighted by molar-refractivity contribution is 5.05. The number of nitrogens with zero attached hydrogens (tertiary/aromatic N) is 3. The minimum absolute atomic E-state index is 0.692. The van der Waals surface area contributed by atoms with Crippen LogP contribution in [0.15, 0.2) is 23.1 Å². The fraction of sp³-hybridized carbons (Fsp3) is 0.500. The predicted molar refractivity (Wildman–Crippen MR) is 62.4 cm³/mol. The molecule has 5 heteroatoms. The zero-order valence-corrected chi connectivity index (χ0v) is 9.89. The van der Waals surface area contributed by atoms with E-state index >= 15 is 0 Å². The molecule has 1 N–H and O–H groups in total. The van der Waals surface area contributed by atoms with Crippen molar-refractivity contribution < 1.29 is 4.52 Å². The summed E-state index contributed by atoms with van der Waals surface area (Å²) in [4.78, 5) is 4.36. The monoisotopic (exact) mass is 232 g/mol. The first-order valence-corrected chi connectivity index (χ1v) is 5.96. The van der Waals surface area contributed by atoms with E-state index in [4.69, 9.17) is 4.52 Å². The van der Waals surface area contributed by atoms with E-state index in [-0.39, 0.29) is 0 Å². The third-order valence-electron chi connectivity index (χ3n) is 2.85. The molecule has 2 aromatic heterocycles. The molecule has 1 aliphatic rings. The van der Waals surface area contributed by atoms with Crippen LogP contribution in [0, 0.1) is 6.92 Å². The van der Waals surface area contributed by atoms with Crippen LogP contribution in [0.5, 0.6) is 0 Å². The highest BCUT2D eigenvalue weighted by Crippen LogP contribution is 2.19. The van der Waals surface area contributed by atoms with Gasteiger partial charge in [0.05, 0.1) is 24.3 Å². The van der Waals surface area contributed by atoms with Gasteiger partial charge in [0.1, 0.15) is 0 Å². The molecule has 0 saturated heterocycles. The van der Waals surface area contributed by atoms with Crippen molar-refractivity contribution in [3.63, 3.8) is 0 Å². The molecule has 3 rings (SSSR count). The van der Waals surface area contributed by atoms with Crippen molar-refractivity contribution in [2.24, 2.45) is 0 Å². The van der Waals surface area contributed by atoms with E-state index in [9.17, 15) is 0 Å². The summed E-state index contributed by atoms with van der Waals surface area (Å²) in [5, 5.41) is 7.31. The third-order valence-corrected chi connectivity index (χ3v) is 2.85. The van der Waals surface area contributed by atoms with E-state index in [0.29, 0.717) is 6.54 Å². The van der Waals surface area contributed by atoms with Crippen LogP contribution in [0.2, 0.25) is 0 Å². The molecule has 1 aliphatic carbocycles. The molecule has 2 heterocycles. The summed E-state index contributed by atoms with van der Waals surface area (Å²) >= 11 is 0. The number of imidazole rings is 1. The van der Waals surface area contributed by atoms with Crippen LogP contribution in [0.4, 0.5) is 0 Å². The summed E-state index contributed by atoms with van der Waals surface area (Å²) in [7, 11) is 0. The molecule has 5 nitrogen and oxygen atoms in total. The van der Waals surface area contributed by atoms with Gasteiger partial charge in [0.15, 0.2) is 5.76 Å². The second-order valence-electron chi connectivity index (χ2n) is 4.63. The average Bonchev–Trinajstić information content (AvgIpc) is 2.90. The highest BCUT2D eigenvalue weighted by atomic mass is 16.5. The van der Waals surface area contributed by atoms with Crippen LogP contribution in [0.1, 0.15) is 30.0 Å². The third kappa shape index (κ3) is 2.74. The van der Waals surface area contributed by atoms with E-state index in [2.05, 4.69) is 15.5 Å². The average molecular weight is 232 g/mol. The fourth-order valence-corrected chi connectivity index (χ4v) is 1.79. The molecule has 0 bridgehead atoms. The molecule has 0 atom stereocenters. The Kier molecular flexibility index (Phi) is 2.68. The van der Waals surface area contributed by atoms with Gasteiger partial charge in [-0.15, -0.1) is 0 Å². The minimum atomic E-state index is 0.692. The Morgan fingerprint density at radius 2 is 2.41 bits per heavy atom. The molecule has 0 unspecified atom stereocenters. The Labute approximate surface area is 99.8 Å². The molecule has 0 spiro atoms. The van der Waals surface area contributed by atoms with Crippen molar-refractivity contribution in [3.05, 3.63) is 35.7 Å². The number of hydrogen-bond acceptors (Lipinski definition) is 4. The van der Waals surface area contributed by atoms with Crippen LogP contribution in [-0.2, 0) is 13.1 Å². The van der Waals surface area contributed by atoms with E-state index in [1.807, 2.05) is 30.1 Å². The number of hydrogen-bond donors (Lipinski definition) is 1. The first-order chi connectivity index (χ1) is 8.29. The van der Waals surface area contributed by atoms with Gasteiger partial charge in [-0.25, -0.2) is 4.98 Å². The van der Waals surface area contributed by atoms with Crippen LogP contribution < -0.4 is 5.32 Å². The molecule has 90 valence electrons. The summed E-state index contributed by atoms with van der Waals surface area (Å²) in [6.45, 7) is 3.47. The van der Waals surface area contributed by atoms with Crippen molar-refractivity contribution in [2.45, 2.75) is 38.9 Å². The normalized spacial score (nSPS) is 15.4. The van der Waals surface area contributed by atoms with Crippen molar-refractivity contribution >= 4 is 0 Å². The van der Waals surface area contributed by atoms with Crippen molar-refractivity contribution in [1.82, 2.24) is 20.0 Å². The standard InChI is InChI=1S/C12H16N4O/c1-9-4-12(17-15-9)7-16-6-11(14-8-16)5-13-10-2-3-10/h4,6,8,10,13H,2-3,5,7H2,1H3. The zero-order chi connectivity index (χ0) is 11.7. The van der Waals surface area contributed by atoms with Crippen LogP contribution in [0.3, 0.4) is 0 Å². The smallest absolute Gasteiger partial charge is 0.156 e. The van der Waals surface area contributed by atoms with Crippen LogP contribution in [-0.4, -0.2) is 20.7 Å². The van der Waals surface area contributed by atoms with Gasteiger partial charge >= 0.3 is 0 Å². The maximum absolute atomic E-state index is 5.17. The van der Waals surface area contributed by atoms with E-state index in [0.717, 1.165) is 29.7 Å². The Balaban J connectivity index is 1.59. The lowest BCUT2D eigenvalue weighted by molar-refractivity contribution is 0.373. The molecule has 0 aliphatic heterocycles. The molecule has 2 aromatic rings. The Morgan fingerprint density at radius 1 is 1.53 bits per heavy atom. The number of nitrogens with one attached hydrogen (secondary N) is 1. The van der Waals surface area contributed by atoms with Gasteiger partial charge in [-0.05, 0) is 19.8 Å². The Morgan fingerprint density at radius 3 is 3.12 bits per heavy atom. The maximum atomic E-state index is 5.17. The van der Waals surface area contributed by atoms with Crippen LogP contribution >= 0.6 is 0 Å². The second kappa shape index (κ2) is 4.33. The molecule has 0 aromatic carbocycles. The highest BCUT2D eigenvalue weighted by Gasteiger charge is 2.20. The lowest BCUT2D eigenvalue weighted by Gasteiger charge is -1.98. The largest absolute Gasteiger partial charge is 0.359 e. The lowest BCUT2D eigenvalue weighted by atomic mass is 10.4. The molecule has 1 fully saturated rings. The van der Waals surface area contributed by atoms with Gasteiger partial charge in [0.2, 0.25) is 0 Å². The molecule has 0 amide bonds. The van der Waals surface area contributed by atoms with Crippen LogP contribution in [0.25, 0.3) is 0 Å². The maximum Gasteiger partial charge on any atom is 0.156 e. The van der Waals surface area contributed by atoms with E-state index in [1.54, 1.807) is 0 Å². The van der Waals surface area contributed by atoms with Crippen molar-refractivity contribution in [3.8, 4) is 0 Å². The number of aryl methyl sites for hydroxylation is 1. The first-order valence-electron chi connectivity index (χ1n) is 5.96. The number of rotatable bonds is 5. The van der Waals surface area contributed by atoms with E-state index in [1.165, 1.54) is 12.8 Å². The summed E-state index contributed by atoms with van der Waals surface area (Å²) < 4.78 is 7.19. The topological polar surface area (TPSA) is 55.9 Å². The van der Waals surface area contributed by atoms with Gasteiger partial charge in [-0.2, -0.15) is 0 Å². The summed E-state index contributed by atoms with van der Waals surface area (Å²) in [5.41, 5.74) is 1.99. The Hall–Kier alpha value is -1.62. The fourth-order valence-electron chi connectivity index (χ4n) is 1.79. The van der Waals surface area contributed by atoms with Gasteiger partial charge in [-0.1, -0.05) is 5.16 Å². The molecular weight excluding hydrogens is 216 g/mol. The molecular formula is C12H16N4O. The zero-order valence-electron chi connectivity index (χ0n) is 9.89. The lowest BCUT2D eigenvalue weighted by Crippen LogP contribution is -2.15. The van der Waals surface area contributed by atoms with E-state index < -0.39 is 0 Å². The van der Waals surface area contributed by atoms with Gasteiger partial charge in [-0.3, -0.25) is 0 Å².